The standard InChI is InChI=1S/C21H25N3O2/c1-14-19(15(2)23-13-22-14)20(26)24-17-8-9-18(24)21(11-17,12-25)10-16-6-4-3-5-7-16/h3-7,13,17-18,25H,8-12H2,1-2H3/t17-,18+,21-/m0/s1. The molecule has 4 rings (SSSR count). The Bertz CT molecular complexity index is 803. The first kappa shape index (κ1) is 17.2. The van der Waals surface area contributed by atoms with Crippen molar-refractivity contribution in [2.75, 3.05) is 6.61 Å². The van der Waals surface area contributed by atoms with Crippen LogP contribution < -0.4 is 0 Å². The van der Waals surface area contributed by atoms with Crippen LogP contribution in [0.2, 0.25) is 0 Å². The minimum absolute atomic E-state index is 0.0245. The van der Waals surface area contributed by atoms with Gasteiger partial charge in [-0.05, 0) is 45.1 Å². The van der Waals surface area contributed by atoms with Gasteiger partial charge in [-0.2, -0.15) is 0 Å². The molecule has 0 unspecified atom stereocenters. The molecule has 3 heterocycles. The Kier molecular flexibility index (Phi) is 4.27. The van der Waals surface area contributed by atoms with Crippen LogP contribution in [0.15, 0.2) is 36.7 Å². The number of aliphatic hydroxyl groups excluding tert-OH is 1. The lowest BCUT2D eigenvalue weighted by molar-refractivity contribution is 0.0569. The van der Waals surface area contributed by atoms with Crippen LogP contribution in [0, 0.1) is 19.3 Å². The van der Waals surface area contributed by atoms with Crippen molar-refractivity contribution in [2.24, 2.45) is 5.41 Å². The van der Waals surface area contributed by atoms with Crippen LogP contribution in [0.1, 0.15) is 46.6 Å². The Labute approximate surface area is 154 Å². The number of aliphatic hydroxyl groups is 1. The maximum atomic E-state index is 13.4. The summed E-state index contributed by atoms with van der Waals surface area (Å²) in [4.78, 5) is 23.8. The molecule has 5 nitrogen and oxygen atoms in total. The highest BCUT2D eigenvalue weighted by Crippen LogP contribution is 2.51. The van der Waals surface area contributed by atoms with Gasteiger partial charge in [-0.1, -0.05) is 30.3 Å². The summed E-state index contributed by atoms with van der Waals surface area (Å²) in [5.41, 5.74) is 3.05. The maximum absolute atomic E-state index is 13.4. The largest absolute Gasteiger partial charge is 0.396 e. The summed E-state index contributed by atoms with van der Waals surface area (Å²) < 4.78 is 0. The van der Waals surface area contributed by atoms with E-state index in [1.54, 1.807) is 0 Å². The molecule has 1 aromatic carbocycles. The normalized spacial score (nSPS) is 27.1. The minimum Gasteiger partial charge on any atom is -0.396 e. The summed E-state index contributed by atoms with van der Waals surface area (Å²) in [7, 11) is 0. The third-order valence-corrected chi connectivity index (χ3v) is 6.24. The molecule has 0 radical (unpaired) electrons. The zero-order valence-electron chi connectivity index (χ0n) is 15.4. The van der Waals surface area contributed by atoms with E-state index < -0.39 is 0 Å². The average molecular weight is 351 g/mol. The summed E-state index contributed by atoms with van der Waals surface area (Å²) in [6, 6.07) is 10.6. The summed E-state index contributed by atoms with van der Waals surface area (Å²) >= 11 is 0. The highest BCUT2D eigenvalue weighted by molar-refractivity contribution is 5.97. The van der Waals surface area contributed by atoms with Gasteiger partial charge in [0.15, 0.2) is 0 Å². The van der Waals surface area contributed by atoms with Gasteiger partial charge in [0.25, 0.3) is 5.91 Å². The van der Waals surface area contributed by atoms with E-state index in [4.69, 9.17) is 0 Å². The molecule has 0 aliphatic carbocycles. The second-order valence-corrected chi connectivity index (χ2v) is 7.77. The number of benzene rings is 1. The maximum Gasteiger partial charge on any atom is 0.258 e. The van der Waals surface area contributed by atoms with E-state index in [0.717, 1.165) is 37.1 Å². The fraction of sp³-hybridized carbons (Fsp3) is 0.476. The number of hydrogen-bond acceptors (Lipinski definition) is 4. The number of aryl methyl sites for hydroxylation is 2. The Morgan fingerprint density at radius 1 is 1.19 bits per heavy atom. The van der Waals surface area contributed by atoms with Crippen LogP contribution in [0.25, 0.3) is 0 Å². The van der Waals surface area contributed by atoms with Gasteiger partial charge in [-0.15, -0.1) is 0 Å². The van der Waals surface area contributed by atoms with Crippen LogP contribution in [0.4, 0.5) is 0 Å². The second-order valence-electron chi connectivity index (χ2n) is 7.77. The third-order valence-electron chi connectivity index (χ3n) is 6.24. The number of fused-ring (bicyclic) bond motifs is 2. The van der Waals surface area contributed by atoms with Crippen molar-refractivity contribution in [3.05, 3.63) is 59.2 Å². The van der Waals surface area contributed by atoms with Gasteiger partial charge in [-0.3, -0.25) is 4.79 Å². The second kappa shape index (κ2) is 6.47. The lowest BCUT2D eigenvalue weighted by atomic mass is 9.70. The lowest BCUT2D eigenvalue weighted by Gasteiger charge is -2.36. The number of amides is 1. The van der Waals surface area contributed by atoms with E-state index in [2.05, 4.69) is 22.1 Å². The highest BCUT2D eigenvalue weighted by Gasteiger charge is 2.57. The first-order chi connectivity index (χ1) is 12.6. The molecule has 0 saturated carbocycles. The molecule has 0 spiro atoms. The van der Waals surface area contributed by atoms with E-state index in [1.807, 2.05) is 36.9 Å². The van der Waals surface area contributed by atoms with Gasteiger partial charge in [0, 0.05) is 17.5 Å². The van der Waals surface area contributed by atoms with Gasteiger partial charge in [-0.25, -0.2) is 9.97 Å². The summed E-state index contributed by atoms with van der Waals surface area (Å²) in [5, 5.41) is 10.3. The average Bonchev–Trinajstić information content (AvgIpc) is 3.18. The molecule has 3 atom stereocenters. The number of hydrogen-bond donors (Lipinski definition) is 1. The number of nitrogens with zero attached hydrogens (tertiary/aromatic N) is 3. The van der Waals surface area contributed by atoms with E-state index in [-0.39, 0.29) is 30.0 Å². The number of carbonyl (C=O) groups excluding carboxylic acids is 1. The molecule has 2 bridgehead atoms. The minimum atomic E-state index is -0.253. The fourth-order valence-electron chi connectivity index (χ4n) is 5.05. The zero-order valence-corrected chi connectivity index (χ0v) is 15.4. The number of rotatable bonds is 4. The first-order valence-electron chi connectivity index (χ1n) is 9.31. The highest BCUT2D eigenvalue weighted by atomic mass is 16.3. The fourth-order valence-corrected chi connectivity index (χ4v) is 5.05. The monoisotopic (exact) mass is 351 g/mol. The molecule has 1 amide bonds. The quantitative estimate of drug-likeness (QED) is 0.920. The molecule has 2 aliphatic rings. The van der Waals surface area contributed by atoms with Gasteiger partial charge in [0.1, 0.15) is 6.33 Å². The predicted octanol–water partition coefficient (Wildman–Crippen LogP) is 2.69. The topological polar surface area (TPSA) is 66.3 Å². The van der Waals surface area contributed by atoms with Gasteiger partial charge in [0.2, 0.25) is 0 Å². The first-order valence-corrected chi connectivity index (χ1v) is 9.31. The van der Waals surface area contributed by atoms with Gasteiger partial charge < -0.3 is 10.0 Å². The summed E-state index contributed by atoms with van der Waals surface area (Å²) in [6.07, 6.45) is 5.14. The molecule has 1 N–H and O–H groups in total. The molecular weight excluding hydrogens is 326 g/mol. The smallest absolute Gasteiger partial charge is 0.258 e. The molecule has 2 saturated heterocycles. The van der Waals surface area contributed by atoms with Crippen LogP contribution in [-0.4, -0.2) is 44.6 Å². The van der Waals surface area contributed by atoms with Crippen LogP contribution >= 0.6 is 0 Å². The van der Waals surface area contributed by atoms with Crippen molar-refractivity contribution >= 4 is 5.91 Å². The zero-order chi connectivity index (χ0) is 18.3. The van der Waals surface area contributed by atoms with E-state index >= 15 is 0 Å². The molecular formula is C21H25N3O2. The molecule has 2 aliphatic heterocycles. The van der Waals surface area contributed by atoms with Crippen molar-refractivity contribution in [3.8, 4) is 0 Å². The van der Waals surface area contributed by atoms with Crippen LogP contribution in [0.3, 0.4) is 0 Å². The van der Waals surface area contributed by atoms with Crippen molar-refractivity contribution in [1.82, 2.24) is 14.9 Å². The van der Waals surface area contributed by atoms with Crippen molar-refractivity contribution in [2.45, 2.75) is 51.6 Å². The van der Waals surface area contributed by atoms with E-state index in [9.17, 15) is 9.90 Å². The van der Waals surface area contributed by atoms with Crippen molar-refractivity contribution < 1.29 is 9.90 Å². The van der Waals surface area contributed by atoms with Crippen LogP contribution in [0.5, 0.6) is 0 Å². The Hall–Kier alpha value is -2.27. The molecule has 2 aromatic rings. The Morgan fingerprint density at radius 2 is 1.88 bits per heavy atom. The SMILES string of the molecule is Cc1ncnc(C)c1C(=O)N1[C@H]2CC[C@@H]1[C@@](CO)(Cc1ccccc1)C2. The third kappa shape index (κ3) is 2.62. The molecule has 26 heavy (non-hydrogen) atoms. The van der Waals surface area contributed by atoms with Crippen molar-refractivity contribution in [3.63, 3.8) is 0 Å². The number of aromatic nitrogens is 2. The molecule has 1 aromatic heterocycles. The van der Waals surface area contributed by atoms with Gasteiger partial charge >= 0.3 is 0 Å². The molecule has 5 heteroatoms. The number of carbonyl (C=O) groups is 1. The summed E-state index contributed by atoms with van der Waals surface area (Å²) in [5.74, 6) is 0.0245. The lowest BCUT2D eigenvalue weighted by Crippen LogP contribution is -2.44. The van der Waals surface area contributed by atoms with Gasteiger partial charge in [0.05, 0.1) is 23.6 Å². The Morgan fingerprint density at radius 3 is 2.54 bits per heavy atom. The van der Waals surface area contributed by atoms with E-state index in [1.165, 1.54) is 11.9 Å². The van der Waals surface area contributed by atoms with E-state index in [0.29, 0.717) is 5.56 Å². The Balaban J connectivity index is 1.66. The van der Waals surface area contributed by atoms with Crippen molar-refractivity contribution in [1.29, 1.82) is 0 Å². The molecule has 136 valence electrons. The predicted molar refractivity (Wildman–Crippen MR) is 98.8 cm³/mol. The molecule has 2 fully saturated rings. The summed E-state index contributed by atoms with van der Waals surface area (Å²) in [6.45, 7) is 3.84. The van der Waals surface area contributed by atoms with Crippen LogP contribution in [-0.2, 0) is 6.42 Å².